The highest BCUT2D eigenvalue weighted by molar-refractivity contribution is 7.89. The standard InChI is InChI=1S/C26H26ClF3N4O5S/c27-18-5-3-6-19(15-18)34-25(35)24(38-20-7-1-2-8-20)23(17-31-34)32-11-13-33(14-12-32)40(36,37)22-10-4-9-21(16-22)39-26(28,29)30/h3-6,9-10,15-17,20H,1-2,7-8,11-14H2. The Kier molecular flexibility index (Phi) is 7.98. The molecule has 9 nitrogen and oxygen atoms in total. The zero-order valence-electron chi connectivity index (χ0n) is 21.2. The maximum atomic E-state index is 13.6. The smallest absolute Gasteiger partial charge is 0.483 e. The predicted octanol–water partition coefficient (Wildman–Crippen LogP) is 4.62. The van der Waals surface area contributed by atoms with Crippen molar-refractivity contribution < 1.29 is 31.1 Å². The van der Waals surface area contributed by atoms with Crippen LogP contribution < -0.4 is 19.9 Å². The molecule has 2 aliphatic rings. The molecule has 40 heavy (non-hydrogen) atoms. The van der Waals surface area contributed by atoms with E-state index in [1.54, 1.807) is 24.3 Å². The van der Waals surface area contributed by atoms with Gasteiger partial charge in [0.05, 0.1) is 22.9 Å². The monoisotopic (exact) mass is 598 g/mol. The summed E-state index contributed by atoms with van der Waals surface area (Å²) in [6.45, 7) is 0.489. The first-order valence-corrected chi connectivity index (χ1v) is 14.5. The molecule has 0 amide bonds. The molecule has 0 bridgehead atoms. The number of benzene rings is 2. The van der Waals surface area contributed by atoms with Crippen molar-refractivity contribution in [2.24, 2.45) is 0 Å². The molecule has 0 spiro atoms. The lowest BCUT2D eigenvalue weighted by atomic mass is 10.2. The van der Waals surface area contributed by atoms with Gasteiger partial charge in [0.1, 0.15) is 11.4 Å². The van der Waals surface area contributed by atoms with Gasteiger partial charge in [-0.05, 0) is 56.0 Å². The Balaban J connectivity index is 1.38. The van der Waals surface area contributed by atoms with Gasteiger partial charge in [-0.1, -0.05) is 23.7 Å². The fourth-order valence-electron chi connectivity index (χ4n) is 4.88. The van der Waals surface area contributed by atoms with Crippen molar-refractivity contribution in [1.82, 2.24) is 14.1 Å². The van der Waals surface area contributed by atoms with E-state index >= 15 is 0 Å². The highest BCUT2D eigenvalue weighted by Crippen LogP contribution is 2.32. The van der Waals surface area contributed by atoms with Gasteiger partial charge >= 0.3 is 11.9 Å². The van der Waals surface area contributed by atoms with Crippen LogP contribution in [0, 0.1) is 0 Å². The van der Waals surface area contributed by atoms with Crippen LogP contribution in [-0.4, -0.2) is 61.1 Å². The van der Waals surface area contributed by atoms with Gasteiger partial charge in [-0.15, -0.1) is 13.2 Å². The lowest BCUT2D eigenvalue weighted by Gasteiger charge is -2.36. The van der Waals surface area contributed by atoms with Crippen LogP contribution in [0.3, 0.4) is 0 Å². The van der Waals surface area contributed by atoms with E-state index in [0.29, 0.717) is 16.4 Å². The van der Waals surface area contributed by atoms with E-state index in [-0.39, 0.29) is 42.9 Å². The van der Waals surface area contributed by atoms with E-state index in [9.17, 15) is 26.4 Å². The molecule has 0 unspecified atom stereocenters. The van der Waals surface area contributed by atoms with E-state index in [1.165, 1.54) is 27.3 Å². The Hall–Kier alpha value is -3.29. The van der Waals surface area contributed by atoms with Crippen molar-refractivity contribution in [2.45, 2.75) is 43.0 Å². The Morgan fingerprint density at radius 1 is 0.975 bits per heavy atom. The van der Waals surface area contributed by atoms with Crippen molar-refractivity contribution in [2.75, 3.05) is 31.1 Å². The molecule has 0 N–H and O–H groups in total. The number of hydrogen-bond acceptors (Lipinski definition) is 7. The number of aromatic nitrogens is 2. The highest BCUT2D eigenvalue weighted by Gasteiger charge is 2.34. The van der Waals surface area contributed by atoms with Crippen molar-refractivity contribution in [3.8, 4) is 17.2 Å². The summed E-state index contributed by atoms with van der Waals surface area (Å²) in [7, 11) is -4.10. The zero-order chi connectivity index (χ0) is 28.5. The van der Waals surface area contributed by atoms with Gasteiger partial charge in [-0.2, -0.15) is 14.1 Å². The number of rotatable bonds is 7. The topological polar surface area (TPSA) is 94.0 Å². The molecule has 0 radical (unpaired) electrons. The number of halogens is 4. The van der Waals surface area contributed by atoms with Gasteiger partial charge in [0.25, 0.3) is 0 Å². The second-order valence-corrected chi connectivity index (χ2v) is 11.9. The van der Waals surface area contributed by atoms with Crippen LogP contribution >= 0.6 is 11.6 Å². The molecule has 1 aliphatic carbocycles. The highest BCUT2D eigenvalue weighted by atomic mass is 35.5. The number of alkyl halides is 3. The molecular formula is C26H26ClF3N4O5S. The molecule has 5 rings (SSSR count). The van der Waals surface area contributed by atoms with E-state index in [0.717, 1.165) is 37.8 Å². The fraction of sp³-hybridized carbons (Fsp3) is 0.385. The van der Waals surface area contributed by atoms with E-state index in [2.05, 4.69) is 9.84 Å². The maximum absolute atomic E-state index is 13.6. The summed E-state index contributed by atoms with van der Waals surface area (Å²) in [6, 6.07) is 11.0. The summed E-state index contributed by atoms with van der Waals surface area (Å²) in [5.41, 5.74) is 0.476. The first-order chi connectivity index (χ1) is 19.0. The van der Waals surface area contributed by atoms with Gasteiger partial charge in [0.15, 0.2) is 0 Å². The molecular weight excluding hydrogens is 573 g/mol. The van der Waals surface area contributed by atoms with Crippen molar-refractivity contribution >= 4 is 27.3 Å². The summed E-state index contributed by atoms with van der Waals surface area (Å²) in [4.78, 5) is 15.1. The maximum Gasteiger partial charge on any atom is 0.573 e. The summed E-state index contributed by atoms with van der Waals surface area (Å²) in [5.74, 6) is -0.484. The number of piperazine rings is 1. The van der Waals surface area contributed by atoms with Gasteiger partial charge in [-0.25, -0.2) is 8.42 Å². The molecule has 214 valence electrons. The van der Waals surface area contributed by atoms with Gasteiger partial charge in [-0.3, -0.25) is 4.79 Å². The van der Waals surface area contributed by atoms with E-state index in [4.69, 9.17) is 16.3 Å². The second kappa shape index (κ2) is 11.3. The van der Waals surface area contributed by atoms with Crippen LogP contribution in [0.25, 0.3) is 5.69 Å². The minimum Gasteiger partial charge on any atom is -0.483 e. The lowest BCUT2D eigenvalue weighted by Crippen LogP contribution is -2.49. The Labute approximate surface area is 233 Å². The van der Waals surface area contributed by atoms with Gasteiger partial charge < -0.3 is 14.4 Å². The average Bonchev–Trinajstić information content (AvgIpc) is 3.42. The molecule has 1 saturated heterocycles. The summed E-state index contributed by atoms with van der Waals surface area (Å²) < 4.78 is 76.8. The molecule has 3 aromatic rings. The van der Waals surface area contributed by atoms with Crippen LogP contribution in [0.4, 0.5) is 18.9 Å². The van der Waals surface area contributed by atoms with E-state index < -0.39 is 27.7 Å². The number of nitrogens with zero attached hydrogens (tertiary/aromatic N) is 4. The first-order valence-electron chi connectivity index (χ1n) is 12.7. The third-order valence-corrected chi connectivity index (χ3v) is 8.94. The largest absolute Gasteiger partial charge is 0.573 e. The summed E-state index contributed by atoms with van der Waals surface area (Å²) in [5, 5.41) is 4.79. The predicted molar refractivity (Wildman–Crippen MR) is 142 cm³/mol. The summed E-state index contributed by atoms with van der Waals surface area (Å²) >= 11 is 6.12. The van der Waals surface area contributed by atoms with Crippen molar-refractivity contribution in [3.63, 3.8) is 0 Å². The van der Waals surface area contributed by atoms with Crippen LogP contribution in [0.1, 0.15) is 25.7 Å². The Bertz CT molecular complexity index is 1540. The SMILES string of the molecule is O=c1c(OC2CCCC2)c(N2CCN(S(=O)(=O)c3cccc(OC(F)(F)F)c3)CC2)cnn1-c1cccc(Cl)c1. The first kappa shape index (κ1) is 28.2. The van der Waals surface area contributed by atoms with Crippen LogP contribution in [0.15, 0.2) is 64.4 Å². The Morgan fingerprint density at radius 3 is 2.35 bits per heavy atom. The number of ether oxygens (including phenoxy) is 2. The number of hydrogen-bond donors (Lipinski definition) is 0. The molecule has 1 aromatic heterocycles. The third kappa shape index (κ3) is 6.21. The quantitative estimate of drug-likeness (QED) is 0.392. The lowest BCUT2D eigenvalue weighted by molar-refractivity contribution is -0.274. The van der Waals surface area contributed by atoms with Crippen LogP contribution in [0.2, 0.25) is 5.02 Å². The molecule has 1 saturated carbocycles. The van der Waals surface area contributed by atoms with Crippen LogP contribution in [0.5, 0.6) is 11.5 Å². The minimum absolute atomic E-state index is 0.0347. The zero-order valence-corrected chi connectivity index (χ0v) is 22.8. The molecule has 1 aliphatic heterocycles. The molecule has 0 atom stereocenters. The average molecular weight is 599 g/mol. The fourth-order valence-corrected chi connectivity index (χ4v) is 6.52. The second-order valence-electron chi connectivity index (χ2n) is 9.49. The third-order valence-electron chi connectivity index (χ3n) is 6.81. The van der Waals surface area contributed by atoms with Crippen LogP contribution in [-0.2, 0) is 10.0 Å². The molecule has 2 fully saturated rings. The van der Waals surface area contributed by atoms with Gasteiger partial charge in [0, 0.05) is 37.3 Å². The van der Waals surface area contributed by atoms with Gasteiger partial charge in [0.2, 0.25) is 15.8 Å². The molecule has 2 heterocycles. The summed E-state index contributed by atoms with van der Waals surface area (Å²) in [6.07, 6.45) is 0.104. The molecule has 14 heteroatoms. The van der Waals surface area contributed by atoms with E-state index in [1.807, 2.05) is 4.90 Å². The van der Waals surface area contributed by atoms with Crippen molar-refractivity contribution in [3.05, 3.63) is 70.1 Å². The Morgan fingerprint density at radius 2 is 1.68 bits per heavy atom. The number of sulfonamides is 1. The normalized spacial score (nSPS) is 17.2. The number of anilines is 1. The van der Waals surface area contributed by atoms with Crippen molar-refractivity contribution in [1.29, 1.82) is 0 Å². The minimum atomic E-state index is -4.94. The molecule has 2 aromatic carbocycles.